The van der Waals surface area contributed by atoms with Crippen molar-refractivity contribution in [2.24, 2.45) is 11.8 Å². The lowest BCUT2D eigenvalue weighted by atomic mass is 9.84. The van der Waals surface area contributed by atoms with Gasteiger partial charge in [0, 0.05) is 6.61 Å². The van der Waals surface area contributed by atoms with E-state index >= 15 is 0 Å². The van der Waals surface area contributed by atoms with Crippen molar-refractivity contribution in [2.75, 3.05) is 6.61 Å². The molecule has 1 aliphatic carbocycles. The maximum atomic E-state index is 9.90. The van der Waals surface area contributed by atoms with E-state index in [0.29, 0.717) is 5.92 Å². The predicted octanol–water partition coefficient (Wildman–Crippen LogP) is 3.38. The van der Waals surface area contributed by atoms with Crippen LogP contribution in [0.25, 0.3) is 0 Å². The van der Waals surface area contributed by atoms with Crippen LogP contribution in [0.5, 0.6) is 0 Å². The summed E-state index contributed by atoms with van der Waals surface area (Å²) < 4.78 is 5.89. The molecule has 96 valence electrons. The molecule has 0 aromatic carbocycles. The molecule has 0 aromatic heterocycles. The smallest absolute Gasteiger partial charge is 0.0836 e. The van der Waals surface area contributed by atoms with Crippen LogP contribution in [0.2, 0.25) is 0 Å². The lowest BCUT2D eigenvalue weighted by Crippen LogP contribution is -2.36. The summed E-state index contributed by atoms with van der Waals surface area (Å²) in [5.74, 6) is 1.38. The highest BCUT2D eigenvalue weighted by Crippen LogP contribution is 2.29. The van der Waals surface area contributed by atoms with Crippen LogP contribution >= 0.6 is 0 Å². The first-order valence-electron chi connectivity index (χ1n) is 6.97. The monoisotopic (exact) mass is 228 g/mol. The minimum absolute atomic E-state index is 0.0954. The molecule has 16 heavy (non-hydrogen) atoms. The Bertz CT molecular complexity index is 182. The Hall–Kier alpha value is -0.0800. The number of aliphatic hydroxyl groups is 1. The number of ether oxygens (including phenoxy) is 1. The molecular formula is C14H28O2. The molecule has 4 unspecified atom stereocenters. The van der Waals surface area contributed by atoms with E-state index in [-0.39, 0.29) is 12.2 Å². The predicted molar refractivity (Wildman–Crippen MR) is 67.5 cm³/mol. The van der Waals surface area contributed by atoms with Crippen LogP contribution in [-0.2, 0) is 4.74 Å². The van der Waals surface area contributed by atoms with Gasteiger partial charge in [-0.05, 0) is 37.5 Å². The quantitative estimate of drug-likeness (QED) is 0.755. The standard InChI is InChI=1S/C14H28O2/c1-4-6-11(3)10-16-14-9-12(5-2)7-8-13(14)15/h11-15H,4-10H2,1-3H3. The number of hydrogen-bond donors (Lipinski definition) is 1. The molecule has 0 radical (unpaired) electrons. The van der Waals surface area contributed by atoms with Crippen LogP contribution in [-0.4, -0.2) is 23.9 Å². The van der Waals surface area contributed by atoms with Crippen LogP contribution in [0.3, 0.4) is 0 Å². The fraction of sp³-hybridized carbons (Fsp3) is 1.00. The first kappa shape index (κ1) is 14.0. The zero-order chi connectivity index (χ0) is 12.0. The third-order valence-corrected chi connectivity index (χ3v) is 3.82. The zero-order valence-corrected chi connectivity index (χ0v) is 11.1. The molecule has 1 N–H and O–H groups in total. The van der Waals surface area contributed by atoms with Crippen molar-refractivity contribution >= 4 is 0 Å². The van der Waals surface area contributed by atoms with E-state index in [1.54, 1.807) is 0 Å². The van der Waals surface area contributed by atoms with Gasteiger partial charge in [-0.15, -0.1) is 0 Å². The minimum atomic E-state index is -0.225. The third-order valence-electron chi connectivity index (χ3n) is 3.82. The second-order valence-corrected chi connectivity index (χ2v) is 5.42. The SMILES string of the molecule is CCCC(C)COC1CC(CC)CCC1O. The highest BCUT2D eigenvalue weighted by molar-refractivity contribution is 4.80. The van der Waals surface area contributed by atoms with Crippen molar-refractivity contribution < 1.29 is 9.84 Å². The molecule has 0 amide bonds. The van der Waals surface area contributed by atoms with Gasteiger partial charge in [0.25, 0.3) is 0 Å². The minimum Gasteiger partial charge on any atom is -0.390 e. The number of rotatable bonds is 6. The summed E-state index contributed by atoms with van der Waals surface area (Å²) >= 11 is 0. The molecule has 0 heterocycles. The Balaban J connectivity index is 2.27. The van der Waals surface area contributed by atoms with Gasteiger partial charge < -0.3 is 9.84 Å². The van der Waals surface area contributed by atoms with Crippen LogP contribution in [0.1, 0.15) is 59.3 Å². The van der Waals surface area contributed by atoms with E-state index < -0.39 is 0 Å². The Morgan fingerprint density at radius 1 is 1.31 bits per heavy atom. The number of hydrogen-bond acceptors (Lipinski definition) is 2. The Labute approximate surface area is 100 Å². The van der Waals surface area contributed by atoms with Crippen molar-refractivity contribution in [1.29, 1.82) is 0 Å². The first-order chi connectivity index (χ1) is 7.67. The molecule has 0 saturated heterocycles. The van der Waals surface area contributed by atoms with Gasteiger partial charge in [-0.1, -0.05) is 33.6 Å². The number of aliphatic hydroxyl groups excluding tert-OH is 1. The molecular weight excluding hydrogens is 200 g/mol. The fourth-order valence-electron chi connectivity index (χ4n) is 2.61. The van der Waals surface area contributed by atoms with Gasteiger partial charge in [0.2, 0.25) is 0 Å². The second-order valence-electron chi connectivity index (χ2n) is 5.42. The van der Waals surface area contributed by atoms with Gasteiger partial charge in [0.1, 0.15) is 0 Å². The first-order valence-corrected chi connectivity index (χ1v) is 6.97. The third kappa shape index (κ3) is 4.42. The van der Waals surface area contributed by atoms with Gasteiger partial charge in [0.15, 0.2) is 0 Å². The maximum Gasteiger partial charge on any atom is 0.0836 e. The van der Waals surface area contributed by atoms with E-state index in [9.17, 15) is 5.11 Å². The van der Waals surface area contributed by atoms with Gasteiger partial charge in [-0.2, -0.15) is 0 Å². The normalized spacial score (nSPS) is 32.6. The van der Waals surface area contributed by atoms with Crippen molar-refractivity contribution in [3.05, 3.63) is 0 Å². The molecule has 2 heteroatoms. The Morgan fingerprint density at radius 2 is 2.06 bits per heavy atom. The molecule has 1 fully saturated rings. The summed E-state index contributed by atoms with van der Waals surface area (Å²) in [5, 5.41) is 9.90. The topological polar surface area (TPSA) is 29.5 Å². The lowest BCUT2D eigenvalue weighted by molar-refractivity contribution is -0.0802. The second kappa shape index (κ2) is 7.29. The highest BCUT2D eigenvalue weighted by Gasteiger charge is 2.29. The summed E-state index contributed by atoms with van der Waals surface area (Å²) in [7, 11) is 0. The summed E-state index contributed by atoms with van der Waals surface area (Å²) in [5.41, 5.74) is 0. The van der Waals surface area contributed by atoms with Crippen molar-refractivity contribution in [1.82, 2.24) is 0 Å². The molecule has 4 atom stereocenters. The Morgan fingerprint density at radius 3 is 2.69 bits per heavy atom. The van der Waals surface area contributed by atoms with E-state index in [1.807, 2.05) is 0 Å². The van der Waals surface area contributed by atoms with Gasteiger partial charge in [-0.3, -0.25) is 0 Å². The molecule has 0 spiro atoms. The molecule has 1 aliphatic rings. The molecule has 0 aliphatic heterocycles. The van der Waals surface area contributed by atoms with Crippen LogP contribution in [0, 0.1) is 11.8 Å². The zero-order valence-electron chi connectivity index (χ0n) is 11.1. The van der Waals surface area contributed by atoms with E-state index in [1.165, 1.54) is 25.7 Å². The fourth-order valence-corrected chi connectivity index (χ4v) is 2.61. The van der Waals surface area contributed by atoms with Crippen molar-refractivity contribution in [2.45, 2.75) is 71.5 Å². The van der Waals surface area contributed by atoms with E-state index in [4.69, 9.17) is 4.74 Å². The van der Waals surface area contributed by atoms with Crippen molar-refractivity contribution in [3.63, 3.8) is 0 Å². The molecule has 0 bridgehead atoms. The highest BCUT2D eigenvalue weighted by atomic mass is 16.5. The van der Waals surface area contributed by atoms with Crippen LogP contribution in [0.4, 0.5) is 0 Å². The van der Waals surface area contributed by atoms with E-state index in [0.717, 1.165) is 25.4 Å². The summed E-state index contributed by atoms with van der Waals surface area (Å²) in [4.78, 5) is 0. The average molecular weight is 228 g/mol. The Kier molecular flexibility index (Phi) is 6.37. The molecule has 1 saturated carbocycles. The average Bonchev–Trinajstić information content (AvgIpc) is 2.28. The van der Waals surface area contributed by atoms with Crippen molar-refractivity contribution in [3.8, 4) is 0 Å². The largest absolute Gasteiger partial charge is 0.390 e. The van der Waals surface area contributed by atoms with Gasteiger partial charge >= 0.3 is 0 Å². The lowest BCUT2D eigenvalue weighted by Gasteiger charge is -2.33. The molecule has 2 nitrogen and oxygen atoms in total. The van der Waals surface area contributed by atoms with Crippen LogP contribution in [0.15, 0.2) is 0 Å². The molecule has 0 aromatic rings. The van der Waals surface area contributed by atoms with Gasteiger partial charge in [0.05, 0.1) is 12.2 Å². The molecule has 1 rings (SSSR count). The maximum absolute atomic E-state index is 9.90. The summed E-state index contributed by atoms with van der Waals surface area (Å²) in [6.45, 7) is 7.49. The summed E-state index contributed by atoms with van der Waals surface area (Å²) in [6, 6.07) is 0. The summed E-state index contributed by atoms with van der Waals surface area (Å²) in [6.07, 6.45) is 6.67. The van der Waals surface area contributed by atoms with E-state index in [2.05, 4.69) is 20.8 Å². The van der Waals surface area contributed by atoms with Gasteiger partial charge in [-0.25, -0.2) is 0 Å². The van der Waals surface area contributed by atoms with Crippen LogP contribution < -0.4 is 0 Å².